The molecule has 0 bridgehead atoms. The Hall–Kier alpha value is -0.950. The van der Waals surface area contributed by atoms with E-state index in [1.165, 1.54) is 56.6 Å². The van der Waals surface area contributed by atoms with Crippen molar-refractivity contribution >= 4 is 10.1 Å². The molecule has 0 aliphatic rings. The van der Waals surface area contributed by atoms with Gasteiger partial charge in [-0.2, -0.15) is 8.42 Å². The van der Waals surface area contributed by atoms with Gasteiger partial charge < -0.3 is 9.47 Å². The third kappa shape index (κ3) is 10.9. The van der Waals surface area contributed by atoms with Crippen LogP contribution < -0.4 is 0 Å². The van der Waals surface area contributed by atoms with E-state index in [0.29, 0.717) is 13.2 Å². The zero-order valence-corrected chi connectivity index (χ0v) is 17.0. The molecule has 0 aliphatic carbocycles. The highest BCUT2D eigenvalue weighted by Crippen LogP contribution is 2.11. The van der Waals surface area contributed by atoms with Crippen LogP contribution in [0, 0.1) is 0 Å². The van der Waals surface area contributed by atoms with Crippen LogP contribution in [0.3, 0.4) is 0 Å². The average molecular weight is 387 g/mol. The van der Waals surface area contributed by atoms with Gasteiger partial charge >= 0.3 is 0 Å². The van der Waals surface area contributed by atoms with Crippen molar-refractivity contribution in [1.29, 1.82) is 0 Å². The Bertz CT molecular complexity index is 568. The van der Waals surface area contributed by atoms with Gasteiger partial charge in [0, 0.05) is 0 Å². The van der Waals surface area contributed by atoms with Crippen molar-refractivity contribution < 1.29 is 22.4 Å². The monoisotopic (exact) mass is 386 g/mol. The van der Waals surface area contributed by atoms with E-state index in [0.717, 1.165) is 12.8 Å². The van der Waals surface area contributed by atoms with Crippen LogP contribution in [0.1, 0.15) is 63.5 Å². The molecule has 1 rings (SSSR count). The summed E-state index contributed by atoms with van der Waals surface area (Å²) in [6.07, 6.45) is 9.87. The maximum Gasteiger partial charge on any atom is 0.291 e. The Labute approximate surface area is 158 Å². The van der Waals surface area contributed by atoms with Crippen molar-refractivity contribution in [3.05, 3.63) is 35.4 Å². The van der Waals surface area contributed by atoms with Crippen LogP contribution in [0.5, 0.6) is 0 Å². The minimum Gasteiger partial charge on any atom is -0.379 e. The molecular formula is C20H34O5S. The molecule has 26 heavy (non-hydrogen) atoms. The van der Waals surface area contributed by atoms with Crippen molar-refractivity contribution in [3.8, 4) is 0 Å². The Morgan fingerprint density at radius 1 is 0.885 bits per heavy atom. The first-order chi connectivity index (χ1) is 12.4. The fraction of sp³-hybridized carbons (Fsp3) is 0.700. The summed E-state index contributed by atoms with van der Waals surface area (Å²) in [5.41, 5.74) is 1.40. The third-order valence-electron chi connectivity index (χ3n) is 4.38. The summed E-state index contributed by atoms with van der Waals surface area (Å²) in [7, 11) is -4.13. The molecule has 0 saturated heterocycles. The number of hydrogen-bond donors (Lipinski definition) is 1. The van der Waals surface area contributed by atoms with Crippen LogP contribution in [0.25, 0.3) is 0 Å². The van der Waals surface area contributed by atoms with Crippen LogP contribution in [0.4, 0.5) is 0 Å². The second kappa shape index (κ2) is 13.3. The summed E-state index contributed by atoms with van der Waals surface area (Å²) in [6.45, 7) is 4.53. The first-order valence-electron chi connectivity index (χ1n) is 9.67. The minimum absolute atomic E-state index is 0.137. The molecule has 0 aliphatic heterocycles. The number of rotatable bonds is 15. The van der Waals surface area contributed by atoms with E-state index in [1.807, 2.05) is 0 Å². The van der Waals surface area contributed by atoms with E-state index in [2.05, 4.69) is 31.2 Å². The molecule has 1 N–H and O–H groups in total. The Morgan fingerprint density at radius 3 is 2.08 bits per heavy atom. The van der Waals surface area contributed by atoms with Crippen molar-refractivity contribution in [2.45, 2.75) is 70.7 Å². The maximum absolute atomic E-state index is 10.8. The molecule has 6 heteroatoms. The zero-order valence-electron chi connectivity index (χ0n) is 16.2. The van der Waals surface area contributed by atoms with Gasteiger partial charge in [0.15, 0.2) is 5.44 Å². The summed E-state index contributed by atoms with van der Waals surface area (Å²) in [6, 6.07) is 8.68. The van der Waals surface area contributed by atoms with Gasteiger partial charge in [-0.25, -0.2) is 0 Å². The number of hydrogen-bond acceptors (Lipinski definition) is 4. The average Bonchev–Trinajstić information content (AvgIpc) is 2.61. The van der Waals surface area contributed by atoms with Gasteiger partial charge in [-0.05, 0) is 37.3 Å². The molecule has 0 aromatic heterocycles. The third-order valence-corrected chi connectivity index (χ3v) is 5.35. The highest BCUT2D eigenvalue weighted by Gasteiger charge is 2.16. The van der Waals surface area contributed by atoms with Gasteiger partial charge in [-0.3, -0.25) is 4.55 Å². The number of aryl methyl sites for hydroxylation is 1. The molecule has 150 valence electrons. The Morgan fingerprint density at radius 2 is 1.46 bits per heavy atom. The smallest absolute Gasteiger partial charge is 0.291 e. The fourth-order valence-electron chi connectivity index (χ4n) is 2.63. The van der Waals surface area contributed by atoms with Crippen molar-refractivity contribution in [2.24, 2.45) is 0 Å². The Kier molecular flexibility index (Phi) is 11.8. The second-order valence-electron chi connectivity index (χ2n) is 6.65. The van der Waals surface area contributed by atoms with Crippen LogP contribution in [0.15, 0.2) is 24.3 Å². The lowest BCUT2D eigenvalue weighted by molar-refractivity contribution is 0.0381. The predicted octanol–water partition coefficient (Wildman–Crippen LogP) is 4.40. The van der Waals surface area contributed by atoms with Crippen molar-refractivity contribution in [1.82, 2.24) is 0 Å². The quantitative estimate of drug-likeness (QED) is 0.357. The summed E-state index contributed by atoms with van der Waals surface area (Å²) in [5.74, 6) is 0. The van der Waals surface area contributed by atoms with Crippen LogP contribution in [0.2, 0.25) is 0 Å². The van der Waals surface area contributed by atoms with Gasteiger partial charge in [-0.15, -0.1) is 0 Å². The second-order valence-corrected chi connectivity index (χ2v) is 8.34. The molecule has 0 spiro atoms. The normalized spacial score (nSPS) is 13.0. The highest BCUT2D eigenvalue weighted by molar-refractivity contribution is 7.86. The van der Waals surface area contributed by atoms with E-state index in [9.17, 15) is 8.42 Å². The molecule has 0 heterocycles. The number of unbranched alkanes of at least 4 members (excludes halogenated alkanes) is 5. The van der Waals surface area contributed by atoms with Crippen LogP contribution >= 0.6 is 0 Å². The minimum atomic E-state index is -4.13. The van der Waals surface area contributed by atoms with Gasteiger partial charge in [0.05, 0.1) is 19.8 Å². The largest absolute Gasteiger partial charge is 0.379 e. The van der Waals surface area contributed by atoms with E-state index in [1.54, 1.807) is 0 Å². The molecule has 1 aromatic carbocycles. The molecule has 5 nitrogen and oxygen atoms in total. The predicted molar refractivity (Wildman–Crippen MR) is 105 cm³/mol. The van der Waals surface area contributed by atoms with Crippen LogP contribution in [-0.2, 0) is 32.4 Å². The van der Waals surface area contributed by atoms with E-state index >= 15 is 0 Å². The highest BCUT2D eigenvalue weighted by atomic mass is 32.2. The lowest BCUT2D eigenvalue weighted by Crippen LogP contribution is -2.22. The van der Waals surface area contributed by atoms with Crippen molar-refractivity contribution in [2.75, 3.05) is 19.8 Å². The standard InChI is InChI=1S/C20H34O5S/c1-3-4-5-6-7-8-9-19-10-12-20(13-11-19)14-15-24-16-17-25-18(2)26(21,22)23/h10-13,18H,3-9,14-17H2,1-2H3,(H,21,22,23). The van der Waals surface area contributed by atoms with E-state index in [-0.39, 0.29) is 6.61 Å². The van der Waals surface area contributed by atoms with Crippen LogP contribution in [-0.4, -0.2) is 38.2 Å². The zero-order chi connectivity index (χ0) is 19.3. The summed E-state index contributed by atoms with van der Waals surface area (Å²) in [5, 5.41) is 0. The van der Waals surface area contributed by atoms with Gasteiger partial charge in [-0.1, -0.05) is 63.3 Å². The van der Waals surface area contributed by atoms with Crippen molar-refractivity contribution in [3.63, 3.8) is 0 Å². The first kappa shape index (κ1) is 23.1. The molecule has 0 amide bonds. The first-order valence-corrected chi connectivity index (χ1v) is 11.2. The molecular weight excluding hydrogens is 352 g/mol. The molecule has 0 fully saturated rings. The van der Waals surface area contributed by atoms with E-state index in [4.69, 9.17) is 14.0 Å². The summed E-state index contributed by atoms with van der Waals surface area (Å²) in [4.78, 5) is 0. The fourth-order valence-corrected chi connectivity index (χ4v) is 2.90. The maximum atomic E-state index is 10.8. The summed E-state index contributed by atoms with van der Waals surface area (Å²) < 4.78 is 40.7. The lowest BCUT2D eigenvalue weighted by atomic mass is 10.0. The van der Waals surface area contributed by atoms with Gasteiger partial charge in [0.25, 0.3) is 10.1 Å². The molecule has 1 atom stereocenters. The lowest BCUT2D eigenvalue weighted by Gasteiger charge is -2.10. The number of benzene rings is 1. The molecule has 1 aromatic rings. The Balaban J connectivity index is 2.09. The molecule has 1 unspecified atom stereocenters. The van der Waals surface area contributed by atoms with Gasteiger partial charge in [0.2, 0.25) is 0 Å². The molecule has 0 radical (unpaired) electrons. The summed E-state index contributed by atoms with van der Waals surface area (Å²) >= 11 is 0. The molecule has 0 saturated carbocycles. The topological polar surface area (TPSA) is 72.8 Å². The SMILES string of the molecule is CCCCCCCCc1ccc(CCOCCOC(C)S(=O)(=O)O)cc1. The number of ether oxygens (including phenoxy) is 2. The van der Waals surface area contributed by atoms with E-state index < -0.39 is 15.6 Å². The van der Waals surface area contributed by atoms with Gasteiger partial charge in [0.1, 0.15) is 0 Å².